The molecule has 2 nitrogen and oxygen atoms in total. The van der Waals surface area contributed by atoms with Gasteiger partial charge in [0.2, 0.25) is 0 Å². The van der Waals surface area contributed by atoms with Crippen LogP contribution in [0.5, 0.6) is 5.75 Å². The maximum absolute atomic E-state index is 6.35. The average molecular weight is 261 g/mol. The number of benzene rings is 1. The van der Waals surface area contributed by atoms with Gasteiger partial charge in [-0.05, 0) is 55.7 Å². The lowest BCUT2D eigenvalue weighted by molar-refractivity contribution is 0.273. The van der Waals surface area contributed by atoms with Crippen LogP contribution in [0.2, 0.25) is 0 Å². The molecule has 0 saturated heterocycles. The molecule has 2 rings (SSSR count). The Labute approximate surface area is 117 Å². The summed E-state index contributed by atoms with van der Waals surface area (Å²) in [6.45, 7) is 5.02. The van der Waals surface area contributed by atoms with Crippen molar-refractivity contribution in [2.24, 2.45) is 11.7 Å². The standard InChI is InChI=1S/C17H27NO/c1-3-6-13-9-10-17(18)16(11-13)14-7-5-8-15(12-14)19-4-2/h5,7-8,12-13,16-17H,3-4,6,9-11,18H2,1-2H3. The fraction of sp³-hybridized carbons (Fsp3) is 0.647. The number of ether oxygens (including phenoxy) is 1. The van der Waals surface area contributed by atoms with Crippen LogP contribution in [0, 0.1) is 5.92 Å². The van der Waals surface area contributed by atoms with E-state index >= 15 is 0 Å². The minimum Gasteiger partial charge on any atom is -0.494 e. The third-order valence-electron chi connectivity index (χ3n) is 4.31. The number of rotatable bonds is 5. The second kappa shape index (κ2) is 6.95. The molecule has 0 aromatic heterocycles. The molecule has 2 N–H and O–H groups in total. The minimum atomic E-state index is 0.310. The van der Waals surface area contributed by atoms with Crippen LogP contribution in [-0.4, -0.2) is 12.6 Å². The zero-order valence-corrected chi connectivity index (χ0v) is 12.3. The first-order valence-corrected chi connectivity index (χ1v) is 7.72. The van der Waals surface area contributed by atoms with Crippen LogP contribution in [-0.2, 0) is 0 Å². The van der Waals surface area contributed by atoms with Crippen LogP contribution in [0.3, 0.4) is 0 Å². The Morgan fingerprint density at radius 2 is 2.11 bits per heavy atom. The maximum Gasteiger partial charge on any atom is 0.119 e. The third kappa shape index (κ3) is 3.73. The summed E-state index contributed by atoms with van der Waals surface area (Å²) in [5.74, 6) is 2.33. The molecular weight excluding hydrogens is 234 g/mol. The Balaban J connectivity index is 2.11. The van der Waals surface area contributed by atoms with E-state index in [2.05, 4.69) is 25.1 Å². The lowest BCUT2D eigenvalue weighted by atomic mass is 9.74. The van der Waals surface area contributed by atoms with Gasteiger partial charge in [0.15, 0.2) is 0 Å². The van der Waals surface area contributed by atoms with Gasteiger partial charge >= 0.3 is 0 Å². The summed E-state index contributed by atoms with van der Waals surface area (Å²) in [5.41, 5.74) is 7.71. The zero-order chi connectivity index (χ0) is 13.7. The first-order valence-electron chi connectivity index (χ1n) is 7.72. The number of hydrogen-bond donors (Lipinski definition) is 1. The molecule has 0 aliphatic heterocycles. The van der Waals surface area contributed by atoms with Crippen molar-refractivity contribution in [1.82, 2.24) is 0 Å². The summed E-state index contributed by atoms with van der Waals surface area (Å²) >= 11 is 0. The molecule has 3 unspecified atom stereocenters. The summed E-state index contributed by atoms with van der Waals surface area (Å²) in [4.78, 5) is 0. The largest absolute Gasteiger partial charge is 0.494 e. The Morgan fingerprint density at radius 3 is 2.84 bits per heavy atom. The lowest BCUT2D eigenvalue weighted by Gasteiger charge is -2.34. The highest BCUT2D eigenvalue weighted by atomic mass is 16.5. The molecule has 1 aliphatic rings. The summed E-state index contributed by atoms with van der Waals surface area (Å²) in [5, 5.41) is 0. The molecule has 1 aromatic rings. The fourth-order valence-corrected chi connectivity index (χ4v) is 3.34. The summed E-state index contributed by atoms with van der Waals surface area (Å²) in [6, 6.07) is 8.83. The van der Waals surface area contributed by atoms with Crippen molar-refractivity contribution < 1.29 is 4.74 Å². The van der Waals surface area contributed by atoms with Crippen molar-refractivity contribution in [3.63, 3.8) is 0 Å². The predicted octanol–water partition coefficient (Wildman–Crippen LogP) is 4.10. The third-order valence-corrected chi connectivity index (χ3v) is 4.31. The molecular formula is C17H27NO. The average Bonchev–Trinajstić information content (AvgIpc) is 2.42. The van der Waals surface area contributed by atoms with Crippen molar-refractivity contribution in [2.45, 2.75) is 57.9 Å². The molecule has 0 bridgehead atoms. The SMILES string of the molecule is CCCC1CCC(N)C(c2cccc(OCC)c2)C1. The molecule has 2 heteroatoms. The van der Waals surface area contributed by atoms with Gasteiger partial charge in [-0.3, -0.25) is 0 Å². The normalized spacial score (nSPS) is 27.2. The molecule has 0 spiro atoms. The summed E-state index contributed by atoms with van der Waals surface area (Å²) in [6.07, 6.45) is 6.33. The second-order valence-electron chi connectivity index (χ2n) is 5.74. The molecule has 1 fully saturated rings. The summed E-state index contributed by atoms with van der Waals surface area (Å²) in [7, 11) is 0. The minimum absolute atomic E-state index is 0.310. The van der Waals surface area contributed by atoms with E-state index in [1.807, 2.05) is 13.0 Å². The molecule has 1 aliphatic carbocycles. The molecule has 0 heterocycles. The van der Waals surface area contributed by atoms with Crippen LogP contribution < -0.4 is 10.5 Å². The first kappa shape index (κ1) is 14.4. The van der Waals surface area contributed by atoms with Gasteiger partial charge in [-0.15, -0.1) is 0 Å². The van der Waals surface area contributed by atoms with E-state index in [1.54, 1.807) is 0 Å². The topological polar surface area (TPSA) is 35.2 Å². The van der Waals surface area contributed by atoms with Crippen molar-refractivity contribution in [3.05, 3.63) is 29.8 Å². The molecule has 1 saturated carbocycles. The van der Waals surface area contributed by atoms with Gasteiger partial charge in [0.25, 0.3) is 0 Å². The van der Waals surface area contributed by atoms with Crippen molar-refractivity contribution in [1.29, 1.82) is 0 Å². The smallest absolute Gasteiger partial charge is 0.119 e. The first-order chi connectivity index (χ1) is 9.24. The Hall–Kier alpha value is -1.02. The van der Waals surface area contributed by atoms with Crippen LogP contribution in [0.1, 0.15) is 57.4 Å². The number of nitrogens with two attached hydrogens (primary N) is 1. The zero-order valence-electron chi connectivity index (χ0n) is 12.3. The highest BCUT2D eigenvalue weighted by Crippen LogP contribution is 2.38. The van der Waals surface area contributed by atoms with Gasteiger partial charge in [-0.2, -0.15) is 0 Å². The monoisotopic (exact) mass is 261 g/mol. The van der Waals surface area contributed by atoms with E-state index in [4.69, 9.17) is 10.5 Å². The highest BCUT2D eigenvalue weighted by molar-refractivity contribution is 5.32. The second-order valence-corrected chi connectivity index (χ2v) is 5.74. The van der Waals surface area contributed by atoms with Crippen LogP contribution in [0.4, 0.5) is 0 Å². The van der Waals surface area contributed by atoms with Gasteiger partial charge < -0.3 is 10.5 Å². The molecule has 3 atom stereocenters. The van der Waals surface area contributed by atoms with E-state index < -0.39 is 0 Å². The number of hydrogen-bond acceptors (Lipinski definition) is 2. The van der Waals surface area contributed by atoms with Gasteiger partial charge in [0.1, 0.15) is 5.75 Å². The van der Waals surface area contributed by atoms with Crippen LogP contribution >= 0.6 is 0 Å². The van der Waals surface area contributed by atoms with Gasteiger partial charge in [0.05, 0.1) is 6.61 Å². The van der Waals surface area contributed by atoms with Crippen molar-refractivity contribution >= 4 is 0 Å². The predicted molar refractivity (Wildman–Crippen MR) is 80.6 cm³/mol. The summed E-state index contributed by atoms with van der Waals surface area (Å²) < 4.78 is 5.61. The van der Waals surface area contributed by atoms with Gasteiger partial charge in [0, 0.05) is 6.04 Å². The van der Waals surface area contributed by atoms with Gasteiger partial charge in [-0.1, -0.05) is 31.9 Å². The van der Waals surface area contributed by atoms with Crippen LogP contribution in [0.25, 0.3) is 0 Å². The van der Waals surface area contributed by atoms with Crippen LogP contribution in [0.15, 0.2) is 24.3 Å². The van der Waals surface area contributed by atoms with E-state index in [0.717, 1.165) is 24.7 Å². The van der Waals surface area contributed by atoms with Crippen molar-refractivity contribution in [3.8, 4) is 5.75 Å². The van der Waals surface area contributed by atoms with E-state index in [9.17, 15) is 0 Å². The van der Waals surface area contributed by atoms with E-state index in [-0.39, 0.29) is 0 Å². The molecule has 106 valence electrons. The Kier molecular flexibility index (Phi) is 5.26. The van der Waals surface area contributed by atoms with Crippen molar-refractivity contribution in [2.75, 3.05) is 6.61 Å². The van der Waals surface area contributed by atoms with E-state index in [1.165, 1.54) is 31.2 Å². The maximum atomic E-state index is 6.35. The molecule has 19 heavy (non-hydrogen) atoms. The fourth-order valence-electron chi connectivity index (χ4n) is 3.34. The molecule has 1 aromatic carbocycles. The van der Waals surface area contributed by atoms with Gasteiger partial charge in [-0.25, -0.2) is 0 Å². The Morgan fingerprint density at radius 1 is 1.26 bits per heavy atom. The quantitative estimate of drug-likeness (QED) is 0.866. The molecule has 0 radical (unpaired) electrons. The lowest BCUT2D eigenvalue weighted by Crippen LogP contribution is -2.34. The van der Waals surface area contributed by atoms with E-state index in [0.29, 0.717) is 12.0 Å². The Bertz CT molecular complexity index is 391. The highest BCUT2D eigenvalue weighted by Gasteiger charge is 2.28. The molecule has 0 amide bonds.